The number of amides is 3. The van der Waals surface area contributed by atoms with Gasteiger partial charge in [-0.1, -0.05) is 127 Å². The summed E-state index contributed by atoms with van der Waals surface area (Å²) >= 11 is 4.04. The molecular formula is C100H92N6O19S3. The second kappa shape index (κ2) is 37.8. The minimum atomic E-state index is -0.905. The van der Waals surface area contributed by atoms with Crippen molar-refractivity contribution >= 4 is 144 Å². The number of carbonyl (C=O) groups excluding carboxylic acids is 6. The quantitative estimate of drug-likeness (QED) is 0.0230. The van der Waals surface area contributed by atoms with Crippen LogP contribution in [0.5, 0.6) is 34.5 Å². The smallest absolute Gasteiger partial charge is 0.301 e. The van der Waals surface area contributed by atoms with Crippen molar-refractivity contribution in [3.8, 4) is 34.5 Å². The van der Waals surface area contributed by atoms with Gasteiger partial charge in [0.1, 0.15) is 89.9 Å². The van der Waals surface area contributed by atoms with E-state index >= 15 is 0 Å². The third-order valence-corrected chi connectivity index (χ3v) is 24.5. The van der Waals surface area contributed by atoms with Crippen LogP contribution in [0.1, 0.15) is 136 Å². The Bertz CT molecular complexity index is 6040. The number of aromatic nitrogens is 3. The van der Waals surface area contributed by atoms with E-state index in [-0.39, 0.29) is 52.3 Å². The number of hydrogen-bond donors (Lipinski definition) is 5. The second-order valence-electron chi connectivity index (χ2n) is 31.7. The monoisotopic (exact) mass is 1780 g/mol. The van der Waals surface area contributed by atoms with Gasteiger partial charge in [0.15, 0.2) is 15.4 Å². The number of aliphatic hydroxyl groups is 3. The number of carbonyl (C=O) groups is 8. The molecule has 0 bridgehead atoms. The molecule has 6 atom stereocenters. The molecule has 3 aromatic heterocycles. The highest BCUT2D eigenvalue weighted by molar-refractivity contribution is 7.23. The van der Waals surface area contributed by atoms with Gasteiger partial charge in [-0.15, -0.1) is 0 Å². The minimum absolute atomic E-state index is 0.00458. The van der Waals surface area contributed by atoms with Crippen LogP contribution in [0.4, 0.5) is 15.4 Å². The van der Waals surface area contributed by atoms with Crippen LogP contribution in [-0.2, 0) is 57.6 Å². The Balaban J connectivity index is 0.000000149. The van der Waals surface area contributed by atoms with E-state index in [4.69, 9.17) is 63.2 Å². The van der Waals surface area contributed by atoms with E-state index in [1.807, 2.05) is 135 Å². The van der Waals surface area contributed by atoms with Gasteiger partial charge in [0.2, 0.25) is 0 Å². The van der Waals surface area contributed by atoms with Crippen molar-refractivity contribution in [3.63, 3.8) is 0 Å². The number of ether oxygens (including phenoxy) is 6. The van der Waals surface area contributed by atoms with E-state index in [0.717, 1.165) is 112 Å². The third-order valence-electron chi connectivity index (χ3n) is 21.5. The van der Waals surface area contributed by atoms with E-state index in [2.05, 4.69) is 19.7 Å². The molecule has 18 rings (SSSR count). The van der Waals surface area contributed by atoms with Crippen molar-refractivity contribution in [3.05, 3.63) is 302 Å². The average molecular weight is 1780 g/mol. The van der Waals surface area contributed by atoms with Crippen LogP contribution in [-0.4, -0.2) is 126 Å². The topological polar surface area (TPSA) is 341 Å². The van der Waals surface area contributed by atoms with Crippen LogP contribution in [0.25, 0.3) is 47.9 Å². The van der Waals surface area contributed by atoms with Crippen molar-refractivity contribution in [2.24, 2.45) is 0 Å². The molecule has 25 nitrogen and oxygen atoms in total. The molecule has 9 aromatic carbocycles. The molecule has 9 heterocycles. The third kappa shape index (κ3) is 18.7. The number of rotatable bonds is 18. The summed E-state index contributed by atoms with van der Waals surface area (Å²) in [5, 5.41) is 50.8. The number of aliphatic carboxylic acids is 2. The molecule has 6 unspecified atom stereocenters. The molecule has 0 spiro atoms. The van der Waals surface area contributed by atoms with E-state index in [0.29, 0.717) is 105 Å². The lowest BCUT2D eigenvalue weighted by Crippen LogP contribution is -2.29. The van der Waals surface area contributed by atoms with Crippen LogP contribution in [0.2, 0.25) is 0 Å². The van der Waals surface area contributed by atoms with E-state index < -0.39 is 65.1 Å². The number of Topliss-reactive ketones (excluding diaryl/α,β-unsaturated/α-hetero) is 3. The molecule has 6 aliphatic heterocycles. The Morgan fingerprint density at radius 3 is 0.906 bits per heavy atom. The Hall–Kier alpha value is -14.4. The summed E-state index contributed by atoms with van der Waals surface area (Å²) in [6.45, 7) is 32.1. The number of aryl methyl sites for hydroxylation is 6. The molecule has 128 heavy (non-hydrogen) atoms. The molecule has 3 fully saturated rings. The standard InChI is InChI=1S/3C32H28N2O5S.2C2H4O2/c3*1-5-11-38-23-8-6-7-20(16-23)28-26(29(35)21-9-10-24-22(15-21)14-19(4)39-24)30(36)31(37)34(28)32-33-27-18(3)12-17(2)13-25(27)40-32;2*1-2(3)4/h3*5-10,12-13,15-16,19,28,35H,1,11,14H2,2-4H3;2*1H3,(H,3,4)/b3*29-26+;;. The van der Waals surface area contributed by atoms with Gasteiger partial charge < -0.3 is 54.0 Å². The second-order valence-corrected chi connectivity index (χ2v) is 34.7. The first-order chi connectivity index (χ1) is 61.2. The molecule has 654 valence electrons. The molecule has 0 aliphatic carbocycles. The number of benzene rings is 9. The lowest BCUT2D eigenvalue weighted by atomic mass is 9.94. The molecule has 12 aromatic rings. The van der Waals surface area contributed by atoms with Gasteiger partial charge in [-0.3, -0.25) is 53.1 Å². The van der Waals surface area contributed by atoms with Crippen LogP contribution >= 0.6 is 34.0 Å². The minimum Gasteiger partial charge on any atom is -0.507 e. The predicted octanol–water partition coefficient (Wildman–Crippen LogP) is 19.5. The Morgan fingerprint density at radius 2 is 0.656 bits per heavy atom. The lowest BCUT2D eigenvalue weighted by molar-refractivity contribution is -0.135. The number of nitrogens with zero attached hydrogens (tertiary/aromatic N) is 6. The van der Waals surface area contributed by atoms with Gasteiger partial charge in [-0.25, -0.2) is 15.0 Å². The summed E-state index contributed by atoms with van der Waals surface area (Å²) in [5.74, 6) is -2.95. The fourth-order valence-corrected chi connectivity index (χ4v) is 19.9. The van der Waals surface area contributed by atoms with Crippen molar-refractivity contribution in [2.75, 3.05) is 34.5 Å². The van der Waals surface area contributed by atoms with Gasteiger partial charge in [-0.2, -0.15) is 0 Å². The van der Waals surface area contributed by atoms with Crippen molar-refractivity contribution in [2.45, 2.75) is 132 Å². The number of carboxylic acid groups (broad SMARTS) is 2. The van der Waals surface area contributed by atoms with Crippen LogP contribution in [0.15, 0.2) is 218 Å². The number of carboxylic acids is 2. The average Bonchev–Trinajstić information content (AvgIpc) is 1.59. The van der Waals surface area contributed by atoms with E-state index in [1.165, 1.54) is 48.7 Å². The Kier molecular flexibility index (Phi) is 26.6. The normalized spacial score (nSPS) is 18.8. The maximum absolute atomic E-state index is 13.7. The largest absolute Gasteiger partial charge is 0.507 e. The van der Waals surface area contributed by atoms with Crippen molar-refractivity contribution < 1.29 is 92.3 Å². The number of anilines is 3. The first kappa shape index (κ1) is 89.9. The summed E-state index contributed by atoms with van der Waals surface area (Å²) in [6, 6.07) is 47.0. The molecule has 3 saturated heterocycles. The maximum Gasteiger partial charge on any atom is 0.301 e. The lowest BCUT2D eigenvalue weighted by Gasteiger charge is -2.23. The Labute approximate surface area is 749 Å². The van der Waals surface area contributed by atoms with Crippen LogP contribution < -0.4 is 43.1 Å². The zero-order valence-corrected chi connectivity index (χ0v) is 74.5. The van der Waals surface area contributed by atoms with Crippen molar-refractivity contribution in [1.82, 2.24) is 15.0 Å². The SMILES string of the molecule is C=CCOc1cccc(C2/C(=C(\O)c3ccc4c(c3)CC(C)O4)C(=O)C(=O)N2c2nc3c(C)cc(C)cc3s2)c1.C=CCOc1cccc(C2/C(=C(\O)c3ccc4c(c3)CC(C)O4)C(=O)C(=O)N2c2nc3c(C)cc(C)cc3s2)c1.C=CCOc1cccc(C2/C(=C(\O)c3ccc4c(c3)CC(C)O4)C(=O)C(=O)N2c2nc3c(C)cc(C)cc3s2)c1.CC(=O)O.CC(=O)O. The molecule has 3 amide bonds. The maximum atomic E-state index is 13.7. The molecule has 0 radical (unpaired) electrons. The number of ketones is 3. The first-order valence-electron chi connectivity index (χ1n) is 41.1. The summed E-state index contributed by atoms with van der Waals surface area (Å²) in [5.41, 5.74) is 14.6. The summed E-state index contributed by atoms with van der Waals surface area (Å²) < 4.78 is 37.5. The molecular weight excluding hydrogens is 1690 g/mol. The molecule has 5 N–H and O–H groups in total. The number of hydrogen-bond acceptors (Lipinski definition) is 23. The van der Waals surface area contributed by atoms with Gasteiger partial charge in [0.05, 0.1) is 65.5 Å². The molecule has 6 aliphatic rings. The number of fused-ring (bicyclic) bond motifs is 6. The zero-order valence-electron chi connectivity index (χ0n) is 72.0. The number of aliphatic hydroxyl groups excluding tert-OH is 3. The van der Waals surface area contributed by atoms with E-state index in [9.17, 15) is 44.1 Å². The molecule has 0 saturated carbocycles. The first-order valence-corrected chi connectivity index (χ1v) is 43.5. The highest BCUT2D eigenvalue weighted by Crippen LogP contribution is 2.51. The summed E-state index contributed by atoms with van der Waals surface area (Å²) in [6.07, 6.45) is 7.10. The predicted molar refractivity (Wildman–Crippen MR) is 495 cm³/mol. The molecule has 28 heteroatoms. The van der Waals surface area contributed by atoms with Gasteiger partial charge in [0.25, 0.3) is 29.3 Å². The zero-order chi connectivity index (χ0) is 91.5. The van der Waals surface area contributed by atoms with E-state index in [1.54, 1.807) is 109 Å². The van der Waals surface area contributed by atoms with Crippen LogP contribution in [0, 0.1) is 41.5 Å². The fraction of sp³-hybridized carbons (Fsp3) is 0.230. The Morgan fingerprint density at radius 1 is 0.398 bits per heavy atom. The fourth-order valence-electron chi connectivity index (χ4n) is 16.4. The highest BCUT2D eigenvalue weighted by atomic mass is 32.1. The van der Waals surface area contributed by atoms with Crippen molar-refractivity contribution in [1.29, 1.82) is 0 Å². The van der Waals surface area contributed by atoms with Gasteiger partial charge in [0, 0.05) is 49.8 Å². The van der Waals surface area contributed by atoms with Gasteiger partial charge in [-0.05, 0) is 238 Å². The summed E-state index contributed by atoms with van der Waals surface area (Å²) in [4.78, 5) is 119. The van der Waals surface area contributed by atoms with Crippen LogP contribution in [0.3, 0.4) is 0 Å². The number of thiazole rings is 3. The summed E-state index contributed by atoms with van der Waals surface area (Å²) in [7, 11) is 0. The highest BCUT2D eigenvalue weighted by Gasteiger charge is 2.52. The van der Waals surface area contributed by atoms with Gasteiger partial charge >= 0.3 is 17.7 Å².